The topological polar surface area (TPSA) is 80.9 Å². The Bertz CT molecular complexity index is 830. The van der Waals surface area contributed by atoms with Gasteiger partial charge in [-0.1, -0.05) is 11.6 Å². The molecule has 0 unspecified atom stereocenters. The Kier molecular flexibility index (Phi) is 5.22. The average Bonchev–Trinajstić information content (AvgIpc) is 3.13. The van der Waals surface area contributed by atoms with Crippen LogP contribution in [0.5, 0.6) is 0 Å². The Morgan fingerprint density at radius 1 is 1.26 bits per heavy atom. The minimum Gasteiger partial charge on any atom is -0.350 e. The van der Waals surface area contributed by atoms with Gasteiger partial charge in [-0.3, -0.25) is 4.79 Å². The van der Waals surface area contributed by atoms with Crippen LogP contribution < -0.4 is 11.1 Å². The van der Waals surface area contributed by atoms with Gasteiger partial charge in [0, 0.05) is 29.8 Å². The molecule has 3 rings (SSSR count). The smallest absolute Gasteiger partial charge is 0.270 e. The van der Waals surface area contributed by atoms with Crippen LogP contribution in [0, 0.1) is 0 Å². The highest BCUT2D eigenvalue weighted by molar-refractivity contribution is 7.18. The van der Waals surface area contributed by atoms with E-state index in [1.54, 1.807) is 16.7 Å². The predicted molar refractivity (Wildman–Crippen MR) is 95.5 cm³/mol. The number of carbonyl (C=O) groups excluding carboxylic acids is 1. The third-order valence-electron chi connectivity index (χ3n) is 3.16. The van der Waals surface area contributed by atoms with Crippen LogP contribution in [-0.2, 0) is 12.8 Å². The van der Waals surface area contributed by atoms with E-state index in [9.17, 15) is 4.79 Å². The van der Waals surface area contributed by atoms with Gasteiger partial charge >= 0.3 is 0 Å². The summed E-state index contributed by atoms with van der Waals surface area (Å²) in [7, 11) is 0. The molecule has 3 N–H and O–H groups in total. The van der Waals surface area contributed by atoms with E-state index in [1.807, 2.05) is 18.2 Å². The van der Waals surface area contributed by atoms with E-state index < -0.39 is 0 Å². The lowest BCUT2D eigenvalue weighted by molar-refractivity contribution is 0.0949. The fourth-order valence-electron chi connectivity index (χ4n) is 2.08. The second kappa shape index (κ2) is 7.35. The van der Waals surface area contributed by atoms with Gasteiger partial charge in [-0.2, -0.15) is 0 Å². The van der Waals surface area contributed by atoms with E-state index in [0.717, 1.165) is 20.2 Å². The summed E-state index contributed by atoms with van der Waals surface area (Å²) >= 11 is 9.04. The molecule has 1 amide bonds. The van der Waals surface area contributed by atoms with Gasteiger partial charge in [0.1, 0.15) is 5.69 Å². The number of halogens is 1. The molecule has 0 saturated carbocycles. The Hall–Kier alpha value is -1.54. The number of aromatic nitrogens is 2. The van der Waals surface area contributed by atoms with Crippen LogP contribution in [0.25, 0.3) is 10.2 Å². The Balaban J connectivity index is 1.56. The highest BCUT2D eigenvalue weighted by atomic mass is 35.5. The average molecular weight is 367 g/mol. The number of nitrogens with zero attached hydrogens (tertiary/aromatic N) is 2. The fraction of sp³-hybridized carbons (Fsp3) is 0.267. The molecule has 2 heterocycles. The maximum absolute atomic E-state index is 12.0. The van der Waals surface area contributed by atoms with Crippen molar-refractivity contribution in [3.8, 4) is 0 Å². The molecule has 2 aromatic heterocycles. The van der Waals surface area contributed by atoms with Crippen LogP contribution >= 0.6 is 34.3 Å². The summed E-state index contributed by atoms with van der Waals surface area (Å²) < 4.78 is 1.10. The lowest BCUT2D eigenvalue weighted by Gasteiger charge is -2.00. The van der Waals surface area contributed by atoms with Crippen molar-refractivity contribution in [2.24, 2.45) is 5.73 Å². The summed E-state index contributed by atoms with van der Waals surface area (Å²) in [6, 6.07) is 5.67. The molecule has 120 valence electrons. The normalized spacial score (nSPS) is 11.0. The molecule has 23 heavy (non-hydrogen) atoms. The third-order valence-corrected chi connectivity index (χ3v) is 5.40. The minimum atomic E-state index is -0.159. The molecule has 0 saturated heterocycles. The zero-order chi connectivity index (χ0) is 16.2. The number of benzene rings is 1. The molecule has 0 spiro atoms. The third kappa shape index (κ3) is 4.06. The van der Waals surface area contributed by atoms with Gasteiger partial charge in [0.25, 0.3) is 5.91 Å². The van der Waals surface area contributed by atoms with Gasteiger partial charge in [-0.05, 0) is 24.7 Å². The first kappa shape index (κ1) is 16.3. The molecule has 0 aliphatic heterocycles. The van der Waals surface area contributed by atoms with Crippen molar-refractivity contribution in [1.82, 2.24) is 15.3 Å². The summed E-state index contributed by atoms with van der Waals surface area (Å²) in [5, 5.41) is 7.18. The Morgan fingerprint density at radius 2 is 2.13 bits per heavy atom. The molecule has 0 radical (unpaired) electrons. The molecule has 8 heteroatoms. The molecule has 5 nitrogen and oxygen atoms in total. The van der Waals surface area contributed by atoms with Crippen LogP contribution in [0.15, 0.2) is 23.6 Å². The summed E-state index contributed by atoms with van der Waals surface area (Å²) in [5.74, 6) is -0.159. The van der Waals surface area contributed by atoms with Gasteiger partial charge in [-0.15, -0.1) is 22.7 Å². The van der Waals surface area contributed by atoms with Gasteiger partial charge in [0.05, 0.1) is 20.2 Å². The number of nitrogens with two attached hydrogens (primary N) is 1. The SMILES string of the molecule is NCCc1nc(C(=O)NCCc2nc3cc(Cl)ccc3s2)cs1. The molecule has 1 aromatic carbocycles. The number of hydrogen-bond acceptors (Lipinski definition) is 6. The molecular weight excluding hydrogens is 352 g/mol. The number of nitrogens with one attached hydrogen (secondary N) is 1. The van der Waals surface area contributed by atoms with Gasteiger partial charge < -0.3 is 11.1 Å². The van der Waals surface area contributed by atoms with Crippen LogP contribution in [0.4, 0.5) is 0 Å². The summed E-state index contributed by atoms with van der Waals surface area (Å²) in [4.78, 5) is 20.8. The highest BCUT2D eigenvalue weighted by Crippen LogP contribution is 2.25. The summed E-state index contributed by atoms with van der Waals surface area (Å²) in [6.07, 6.45) is 1.38. The minimum absolute atomic E-state index is 0.159. The van der Waals surface area contributed by atoms with Crippen LogP contribution in [0.1, 0.15) is 20.5 Å². The van der Waals surface area contributed by atoms with Crippen LogP contribution in [0.3, 0.4) is 0 Å². The largest absolute Gasteiger partial charge is 0.350 e. The van der Waals surface area contributed by atoms with E-state index in [2.05, 4.69) is 15.3 Å². The maximum Gasteiger partial charge on any atom is 0.270 e. The van der Waals surface area contributed by atoms with Crippen molar-refractivity contribution in [1.29, 1.82) is 0 Å². The van der Waals surface area contributed by atoms with Crippen molar-refractivity contribution >= 4 is 50.4 Å². The number of amides is 1. The second-order valence-corrected chi connectivity index (χ2v) is 7.39. The predicted octanol–water partition coefficient (Wildman–Crippen LogP) is 2.88. The standard InChI is InChI=1S/C15H15ClN4OS2/c16-9-1-2-12-10(7-9)19-14(23-12)4-6-18-15(21)11-8-22-13(20-11)3-5-17/h1-2,7-8H,3-6,17H2,(H,18,21). The molecule has 3 aromatic rings. The quantitative estimate of drug-likeness (QED) is 0.702. The second-order valence-electron chi connectivity index (χ2n) is 4.89. The number of thiazole rings is 2. The van der Waals surface area contributed by atoms with Crippen molar-refractivity contribution in [3.63, 3.8) is 0 Å². The first-order chi connectivity index (χ1) is 11.2. The zero-order valence-electron chi connectivity index (χ0n) is 12.2. The Morgan fingerprint density at radius 3 is 2.96 bits per heavy atom. The van der Waals surface area contributed by atoms with Gasteiger partial charge in [0.2, 0.25) is 0 Å². The lowest BCUT2D eigenvalue weighted by atomic mass is 10.3. The number of rotatable bonds is 6. The Labute approximate surface area is 146 Å². The molecule has 0 aliphatic rings. The molecule has 0 atom stereocenters. The van der Waals surface area contributed by atoms with Gasteiger partial charge in [-0.25, -0.2) is 9.97 Å². The van der Waals surface area contributed by atoms with Crippen molar-refractivity contribution in [2.75, 3.05) is 13.1 Å². The number of hydrogen-bond donors (Lipinski definition) is 2. The maximum atomic E-state index is 12.0. The van der Waals surface area contributed by atoms with E-state index >= 15 is 0 Å². The molecule has 0 aliphatic carbocycles. The van der Waals surface area contributed by atoms with E-state index in [-0.39, 0.29) is 5.91 Å². The van der Waals surface area contributed by atoms with Gasteiger partial charge in [0.15, 0.2) is 0 Å². The van der Waals surface area contributed by atoms with Crippen molar-refractivity contribution in [3.05, 3.63) is 44.3 Å². The van der Waals surface area contributed by atoms with Crippen LogP contribution in [-0.4, -0.2) is 29.0 Å². The number of fused-ring (bicyclic) bond motifs is 1. The first-order valence-corrected chi connectivity index (χ1v) is 9.21. The van der Waals surface area contributed by atoms with E-state index in [4.69, 9.17) is 17.3 Å². The van der Waals surface area contributed by atoms with Crippen molar-refractivity contribution < 1.29 is 4.79 Å². The number of carbonyl (C=O) groups is 1. The van der Waals surface area contributed by atoms with E-state index in [1.165, 1.54) is 11.3 Å². The monoisotopic (exact) mass is 366 g/mol. The lowest BCUT2D eigenvalue weighted by Crippen LogP contribution is -2.26. The summed E-state index contributed by atoms with van der Waals surface area (Å²) in [5.41, 5.74) is 6.84. The molecule has 0 bridgehead atoms. The first-order valence-electron chi connectivity index (χ1n) is 7.13. The zero-order valence-corrected chi connectivity index (χ0v) is 14.6. The molecule has 0 fully saturated rings. The summed E-state index contributed by atoms with van der Waals surface area (Å²) in [6.45, 7) is 1.06. The van der Waals surface area contributed by atoms with Crippen LogP contribution in [0.2, 0.25) is 5.02 Å². The highest BCUT2D eigenvalue weighted by Gasteiger charge is 2.11. The van der Waals surface area contributed by atoms with Crippen molar-refractivity contribution in [2.45, 2.75) is 12.8 Å². The van der Waals surface area contributed by atoms with E-state index in [0.29, 0.717) is 36.6 Å². The fourth-order valence-corrected chi connectivity index (χ4v) is 3.99. The molecular formula is C15H15ClN4OS2.